The number of benzene rings is 2. The van der Waals surface area contributed by atoms with Gasteiger partial charge in [-0.25, -0.2) is 9.78 Å². The van der Waals surface area contributed by atoms with E-state index in [-0.39, 0.29) is 24.8 Å². The summed E-state index contributed by atoms with van der Waals surface area (Å²) in [4.78, 5) is 16.1. The number of fused-ring (bicyclic) bond motifs is 3. The first-order valence-electron chi connectivity index (χ1n) is 9.89. The highest BCUT2D eigenvalue weighted by Crippen LogP contribution is 2.44. The Bertz CT molecular complexity index is 1080. The molecule has 2 unspecified atom stereocenters. The predicted octanol–water partition coefficient (Wildman–Crippen LogP) is 2.89. The molecular formula is C24H21N3O4. The maximum absolute atomic E-state index is 12.2. The molecule has 4 rings (SSSR count). The Morgan fingerprint density at radius 3 is 2.29 bits per heavy atom. The molecule has 3 aromatic rings. The van der Waals surface area contributed by atoms with Crippen molar-refractivity contribution < 1.29 is 19.7 Å². The third kappa shape index (κ3) is 4.26. The Hall–Kier alpha value is -3.73. The van der Waals surface area contributed by atoms with Crippen LogP contribution < -0.4 is 5.32 Å². The Kier molecular flexibility index (Phi) is 5.94. The number of rotatable bonds is 6. The molecule has 0 fully saturated rings. The normalized spacial score (nSPS) is 14.1. The van der Waals surface area contributed by atoms with Gasteiger partial charge in [-0.3, -0.25) is 0 Å². The fraction of sp³-hybridized carbons (Fsp3) is 0.208. The molecule has 0 bridgehead atoms. The number of nitrogens with one attached hydrogen (secondary N) is 1. The molecule has 1 heterocycles. The first kappa shape index (κ1) is 20.5. The molecule has 0 aliphatic heterocycles. The third-order valence-corrected chi connectivity index (χ3v) is 5.41. The van der Waals surface area contributed by atoms with Gasteiger partial charge in [-0.1, -0.05) is 54.6 Å². The first-order chi connectivity index (χ1) is 15.1. The Morgan fingerprint density at radius 2 is 1.71 bits per heavy atom. The van der Waals surface area contributed by atoms with Gasteiger partial charge in [-0.2, -0.15) is 5.26 Å². The molecule has 1 amide bonds. The number of hydrogen-bond donors (Lipinski definition) is 3. The van der Waals surface area contributed by atoms with Gasteiger partial charge in [-0.15, -0.1) is 0 Å². The molecule has 2 atom stereocenters. The molecule has 156 valence electrons. The molecular weight excluding hydrogens is 394 g/mol. The largest absolute Gasteiger partial charge is 0.449 e. The van der Waals surface area contributed by atoms with Gasteiger partial charge in [-0.05, 0) is 28.3 Å². The summed E-state index contributed by atoms with van der Waals surface area (Å²) in [5.74, 6) is -0.0570. The highest BCUT2D eigenvalue weighted by atomic mass is 16.5. The standard InChI is InChI=1S/C24H21N3O4/c25-11-16-10-9-15(12-26-16)23(29)22(28)13-27-24(30)31-14-21-19-7-3-1-5-17(19)18-6-2-4-8-20(18)21/h1-10,12,21-23,28-29H,13-14H2,(H,27,30). The molecule has 7 heteroatoms. The van der Waals surface area contributed by atoms with E-state index in [1.807, 2.05) is 42.5 Å². The lowest BCUT2D eigenvalue weighted by molar-refractivity contribution is 0.0183. The number of carbonyl (C=O) groups is 1. The Balaban J connectivity index is 1.33. The molecule has 7 nitrogen and oxygen atoms in total. The van der Waals surface area contributed by atoms with Crippen molar-refractivity contribution in [3.63, 3.8) is 0 Å². The van der Waals surface area contributed by atoms with Gasteiger partial charge in [0.2, 0.25) is 0 Å². The van der Waals surface area contributed by atoms with Crippen LogP contribution in [0.1, 0.15) is 34.4 Å². The zero-order valence-electron chi connectivity index (χ0n) is 16.6. The Morgan fingerprint density at radius 1 is 1.06 bits per heavy atom. The molecule has 3 N–H and O–H groups in total. The first-order valence-corrected chi connectivity index (χ1v) is 9.89. The van der Waals surface area contributed by atoms with Crippen molar-refractivity contribution in [2.24, 2.45) is 0 Å². The number of amides is 1. The summed E-state index contributed by atoms with van der Waals surface area (Å²) in [7, 11) is 0. The molecule has 1 aliphatic carbocycles. The van der Waals surface area contributed by atoms with Crippen LogP contribution in [-0.4, -0.2) is 40.5 Å². The van der Waals surface area contributed by atoms with Crippen LogP contribution in [0.5, 0.6) is 0 Å². The van der Waals surface area contributed by atoms with Crippen LogP contribution in [0.3, 0.4) is 0 Å². The number of aliphatic hydroxyl groups excluding tert-OH is 2. The van der Waals surface area contributed by atoms with Gasteiger partial charge >= 0.3 is 6.09 Å². The van der Waals surface area contributed by atoms with Gasteiger partial charge in [0.15, 0.2) is 0 Å². The molecule has 0 saturated heterocycles. The Labute approximate surface area is 179 Å². The van der Waals surface area contributed by atoms with E-state index >= 15 is 0 Å². The van der Waals surface area contributed by atoms with Crippen LogP contribution in [0.15, 0.2) is 66.9 Å². The maximum Gasteiger partial charge on any atom is 0.407 e. The zero-order valence-corrected chi connectivity index (χ0v) is 16.6. The van der Waals surface area contributed by atoms with Crippen molar-refractivity contribution in [1.29, 1.82) is 5.26 Å². The monoisotopic (exact) mass is 415 g/mol. The predicted molar refractivity (Wildman–Crippen MR) is 113 cm³/mol. The molecule has 2 aromatic carbocycles. The van der Waals surface area contributed by atoms with Crippen LogP contribution in [0.25, 0.3) is 11.1 Å². The fourth-order valence-electron chi connectivity index (χ4n) is 3.82. The number of hydrogen-bond acceptors (Lipinski definition) is 6. The number of aromatic nitrogens is 1. The minimum Gasteiger partial charge on any atom is -0.449 e. The molecule has 0 radical (unpaired) electrons. The number of aliphatic hydroxyl groups is 2. The number of pyridine rings is 1. The fourth-order valence-corrected chi connectivity index (χ4v) is 3.82. The van der Waals surface area contributed by atoms with E-state index < -0.39 is 18.3 Å². The average molecular weight is 415 g/mol. The SMILES string of the molecule is N#Cc1ccc(C(O)C(O)CNC(=O)OCC2c3ccccc3-c3ccccc32)cn1. The van der Waals surface area contributed by atoms with E-state index in [0.29, 0.717) is 5.56 Å². The van der Waals surface area contributed by atoms with Crippen LogP contribution in [0.2, 0.25) is 0 Å². The molecule has 1 aliphatic rings. The second-order valence-corrected chi connectivity index (χ2v) is 7.31. The lowest BCUT2D eigenvalue weighted by atomic mass is 9.98. The summed E-state index contributed by atoms with van der Waals surface area (Å²) in [6.07, 6.45) is -1.87. The van der Waals surface area contributed by atoms with Crippen LogP contribution >= 0.6 is 0 Å². The van der Waals surface area contributed by atoms with Gasteiger partial charge in [0.1, 0.15) is 30.6 Å². The third-order valence-electron chi connectivity index (χ3n) is 5.41. The summed E-state index contributed by atoms with van der Waals surface area (Å²) in [5, 5.41) is 31.7. The number of nitrogens with zero attached hydrogens (tertiary/aromatic N) is 2. The van der Waals surface area contributed by atoms with Crippen LogP contribution in [0, 0.1) is 11.3 Å². The lowest BCUT2D eigenvalue weighted by Gasteiger charge is -2.19. The highest BCUT2D eigenvalue weighted by molar-refractivity contribution is 5.79. The van der Waals surface area contributed by atoms with Crippen molar-refractivity contribution in [2.45, 2.75) is 18.1 Å². The summed E-state index contributed by atoms with van der Waals surface area (Å²) in [6, 6.07) is 20.9. The van der Waals surface area contributed by atoms with Crippen LogP contribution in [-0.2, 0) is 4.74 Å². The van der Waals surface area contributed by atoms with E-state index in [9.17, 15) is 15.0 Å². The highest BCUT2D eigenvalue weighted by Gasteiger charge is 2.29. The van der Waals surface area contributed by atoms with Gasteiger partial charge < -0.3 is 20.3 Å². The number of ether oxygens (including phenoxy) is 1. The summed E-state index contributed by atoms with van der Waals surface area (Å²) in [5.41, 5.74) is 5.06. The minimum absolute atomic E-state index is 0.0570. The second kappa shape index (κ2) is 8.96. The second-order valence-electron chi connectivity index (χ2n) is 7.31. The molecule has 31 heavy (non-hydrogen) atoms. The van der Waals surface area contributed by atoms with E-state index in [2.05, 4.69) is 22.4 Å². The molecule has 0 spiro atoms. The van der Waals surface area contributed by atoms with Crippen molar-refractivity contribution in [3.05, 3.63) is 89.2 Å². The minimum atomic E-state index is -1.26. The summed E-state index contributed by atoms with van der Waals surface area (Å²) in [6.45, 7) is -0.0319. The topological polar surface area (TPSA) is 115 Å². The lowest BCUT2D eigenvalue weighted by Crippen LogP contribution is -2.36. The number of alkyl carbamates (subject to hydrolysis) is 1. The summed E-state index contributed by atoms with van der Waals surface area (Å²) < 4.78 is 5.41. The maximum atomic E-state index is 12.2. The van der Waals surface area contributed by atoms with Crippen molar-refractivity contribution in [2.75, 3.05) is 13.2 Å². The smallest absolute Gasteiger partial charge is 0.407 e. The van der Waals surface area contributed by atoms with Gasteiger partial charge in [0.25, 0.3) is 0 Å². The molecule has 0 saturated carbocycles. The van der Waals surface area contributed by atoms with Crippen LogP contribution in [0.4, 0.5) is 4.79 Å². The average Bonchev–Trinajstić information content (AvgIpc) is 3.14. The van der Waals surface area contributed by atoms with E-state index in [1.165, 1.54) is 18.3 Å². The quantitative estimate of drug-likeness (QED) is 0.570. The zero-order chi connectivity index (χ0) is 21.8. The van der Waals surface area contributed by atoms with E-state index in [0.717, 1.165) is 22.3 Å². The van der Waals surface area contributed by atoms with E-state index in [4.69, 9.17) is 10.00 Å². The van der Waals surface area contributed by atoms with Gasteiger partial charge in [0.05, 0.1) is 0 Å². The number of carbonyl (C=O) groups excluding carboxylic acids is 1. The van der Waals surface area contributed by atoms with E-state index in [1.54, 1.807) is 0 Å². The van der Waals surface area contributed by atoms with Gasteiger partial charge in [0, 0.05) is 24.2 Å². The summed E-state index contributed by atoms with van der Waals surface area (Å²) >= 11 is 0. The van der Waals surface area contributed by atoms with Crippen molar-refractivity contribution in [1.82, 2.24) is 10.3 Å². The van der Waals surface area contributed by atoms with Crippen molar-refractivity contribution in [3.8, 4) is 17.2 Å². The number of nitriles is 1. The molecule has 1 aromatic heterocycles. The van der Waals surface area contributed by atoms with Crippen molar-refractivity contribution >= 4 is 6.09 Å².